The summed E-state index contributed by atoms with van der Waals surface area (Å²) in [5.74, 6) is -0.891. The standard InChI is InChI=1S/C18H20N6O3/c1-19-7-6-12-10-24(22-21-12)13-3-2-11-9-23(18(27)14(11)8-13)15-4-5-16(25)20-17(15)26/h2-3,8,10,15,19H,4-7,9H2,1H3,(H,20,25,26). The van der Waals surface area contributed by atoms with E-state index in [0.717, 1.165) is 29.9 Å². The van der Waals surface area contributed by atoms with Crippen molar-refractivity contribution in [3.05, 3.63) is 41.2 Å². The maximum Gasteiger partial charge on any atom is 0.255 e. The fraction of sp³-hybridized carbons (Fsp3) is 0.389. The van der Waals surface area contributed by atoms with E-state index in [0.29, 0.717) is 18.5 Å². The second-order valence-electron chi connectivity index (χ2n) is 6.75. The Kier molecular flexibility index (Phi) is 4.44. The van der Waals surface area contributed by atoms with Crippen LogP contribution in [0.25, 0.3) is 5.69 Å². The second-order valence-corrected chi connectivity index (χ2v) is 6.75. The number of benzene rings is 1. The Hall–Kier alpha value is -3.07. The molecule has 1 fully saturated rings. The van der Waals surface area contributed by atoms with Gasteiger partial charge in [-0.25, -0.2) is 4.68 Å². The molecule has 3 amide bonds. The molecule has 1 unspecified atom stereocenters. The second kappa shape index (κ2) is 6.92. The topological polar surface area (TPSA) is 109 Å². The smallest absolute Gasteiger partial charge is 0.255 e. The van der Waals surface area contributed by atoms with E-state index < -0.39 is 11.9 Å². The zero-order chi connectivity index (χ0) is 19.0. The van der Waals surface area contributed by atoms with Crippen molar-refractivity contribution in [2.75, 3.05) is 13.6 Å². The number of carbonyl (C=O) groups excluding carboxylic acids is 3. The summed E-state index contributed by atoms with van der Waals surface area (Å²) in [6.45, 7) is 1.17. The first-order valence-corrected chi connectivity index (χ1v) is 8.90. The highest BCUT2D eigenvalue weighted by atomic mass is 16.2. The summed E-state index contributed by atoms with van der Waals surface area (Å²) in [5.41, 5.74) is 3.03. The summed E-state index contributed by atoms with van der Waals surface area (Å²) in [7, 11) is 1.88. The number of imide groups is 1. The molecule has 0 saturated carbocycles. The Morgan fingerprint density at radius 1 is 1.30 bits per heavy atom. The Labute approximate surface area is 155 Å². The Balaban J connectivity index is 1.55. The Morgan fingerprint density at radius 3 is 2.93 bits per heavy atom. The Bertz CT molecular complexity index is 922. The van der Waals surface area contributed by atoms with Crippen molar-refractivity contribution in [2.45, 2.75) is 31.8 Å². The fourth-order valence-corrected chi connectivity index (χ4v) is 3.48. The largest absolute Gasteiger partial charge is 0.322 e. The van der Waals surface area contributed by atoms with Gasteiger partial charge in [-0.3, -0.25) is 19.7 Å². The number of likely N-dealkylation sites (N-methyl/N-ethyl adjacent to an activating group) is 1. The monoisotopic (exact) mass is 368 g/mol. The summed E-state index contributed by atoms with van der Waals surface area (Å²) < 4.78 is 1.65. The molecule has 1 saturated heterocycles. The van der Waals surface area contributed by atoms with Crippen molar-refractivity contribution in [1.82, 2.24) is 30.5 Å². The van der Waals surface area contributed by atoms with E-state index in [1.165, 1.54) is 4.90 Å². The van der Waals surface area contributed by atoms with Crippen LogP contribution in [-0.2, 0) is 22.6 Å². The number of piperidine rings is 1. The molecule has 9 heteroatoms. The number of hydrogen-bond acceptors (Lipinski definition) is 6. The van der Waals surface area contributed by atoms with Crippen LogP contribution < -0.4 is 10.6 Å². The summed E-state index contributed by atoms with van der Waals surface area (Å²) in [6.07, 6.45) is 3.21. The number of nitrogens with zero attached hydrogens (tertiary/aromatic N) is 4. The van der Waals surface area contributed by atoms with Crippen LogP contribution in [0.1, 0.15) is 34.5 Å². The highest BCUT2D eigenvalue weighted by Gasteiger charge is 2.39. The number of aromatic nitrogens is 3. The molecule has 0 spiro atoms. The molecular formula is C18H20N6O3. The highest BCUT2D eigenvalue weighted by molar-refractivity contribution is 6.05. The number of fused-ring (bicyclic) bond motifs is 1. The van der Waals surface area contributed by atoms with Crippen LogP contribution in [-0.4, -0.2) is 57.2 Å². The van der Waals surface area contributed by atoms with Gasteiger partial charge in [-0.15, -0.1) is 5.10 Å². The first-order valence-electron chi connectivity index (χ1n) is 8.90. The molecule has 1 aromatic heterocycles. The van der Waals surface area contributed by atoms with E-state index in [4.69, 9.17) is 0 Å². The quantitative estimate of drug-likeness (QED) is 0.707. The predicted octanol–water partition coefficient (Wildman–Crippen LogP) is -0.210. The minimum atomic E-state index is -0.606. The van der Waals surface area contributed by atoms with Crippen LogP contribution in [0, 0.1) is 0 Å². The van der Waals surface area contributed by atoms with Gasteiger partial charge in [0.1, 0.15) is 6.04 Å². The van der Waals surface area contributed by atoms with E-state index >= 15 is 0 Å². The number of carbonyl (C=O) groups is 3. The summed E-state index contributed by atoms with van der Waals surface area (Å²) in [5, 5.41) is 13.6. The lowest BCUT2D eigenvalue weighted by Crippen LogP contribution is -2.52. The maximum atomic E-state index is 12.9. The normalized spacial score (nSPS) is 19.4. The summed E-state index contributed by atoms with van der Waals surface area (Å²) in [6, 6.07) is 4.94. The van der Waals surface area contributed by atoms with Crippen molar-refractivity contribution < 1.29 is 14.4 Å². The van der Waals surface area contributed by atoms with Crippen molar-refractivity contribution >= 4 is 17.7 Å². The van der Waals surface area contributed by atoms with E-state index in [1.807, 2.05) is 25.4 Å². The number of rotatable bonds is 5. The molecule has 2 aliphatic rings. The predicted molar refractivity (Wildman–Crippen MR) is 95.0 cm³/mol. The average molecular weight is 368 g/mol. The highest BCUT2D eigenvalue weighted by Crippen LogP contribution is 2.28. The zero-order valence-electron chi connectivity index (χ0n) is 14.9. The van der Waals surface area contributed by atoms with Gasteiger partial charge in [0.05, 0.1) is 17.6 Å². The van der Waals surface area contributed by atoms with Gasteiger partial charge in [-0.1, -0.05) is 11.3 Å². The van der Waals surface area contributed by atoms with E-state index in [1.54, 1.807) is 10.7 Å². The molecule has 2 aromatic rings. The van der Waals surface area contributed by atoms with Gasteiger partial charge in [-0.2, -0.15) is 0 Å². The van der Waals surface area contributed by atoms with Crippen molar-refractivity contribution in [3.8, 4) is 5.69 Å². The first kappa shape index (κ1) is 17.3. The van der Waals surface area contributed by atoms with E-state index in [-0.39, 0.29) is 18.2 Å². The molecule has 2 N–H and O–H groups in total. The van der Waals surface area contributed by atoms with E-state index in [2.05, 4.69) is 20.9 Å². The van der Waals surface area contributed by atoms with Crippen LogP contribution in [0.4, 0.5) is 0 Å². The molecule has 9 nitrogen and oxygen atoms in total. The molecule has 27 heavy (non-hydrogen) atoms. The van der Waals surface area contributed by atoms with Gasteiger partial charge in [0, 0.05) is 31.5 Å². The summed E-state index contributed by atoms with van der Waals surface area (Å²) in [4.78, 5) is 37.9. The minimum absolute atomic E-state index is 0.197. The maximum absolute atomic E-state index is 12.9. The van der Waals surface area contributed by atoms with Crippen LogP contribution in [0.5, 0.6) is 0 Å². The van der Waals surface area contributed by atoms with Crippen molar-refractivity contribution in [1.29, 1.82) is 0 Å². The molecule has 0 bridgehead atoms. The first-order chi connectivity index (χ1) is 13.1. The molecule has 0 aliphatic carbocycles. The molecule has 1 aromatic carbocycles. The Morgan fingerprint density at radius 2 is 2.15 bits per heavy atom. The number of hydrogen-bond donors (Lipinski definition) is 2. The third-order valence-electron chi connectivity index (χ3n) is 4.95. The van der Waals surface area contributed by atoms with E-state index in [9.17, 15) is 14.4 Å². The van der Waals surface area contributed by atoms with Gasteiger partial charge in [0.25, 0.3) is 5.91 Å². The third kappa shape index (κ3) is 3.21. The van der Waals surface area contributed by atoms with Crippen LogP contribution in [0.15, 0.2) is 24.4 Å². The van der Waals surface area contributed by atoms with Gasteiger partial charge in [-0.05, 0) is 31.2 Å². The number of amides is 3. The molecule has 0 radical (unpaired) electrons. The van der Waals surface area contributed by atoms with Gasteiger partial charge in [0.15, 0.2) is 0 Å². The third-order valence-corrected chi connectivity index (χ3v) is 4.95. The lowest BCUT2D eigenvalue weighted by atomic mass is 10.0. The SMILES string of the molecule is CNCCc1cn(-c2ccc3c(c2)C(=O)N(C2CCC(=O)NC2=O)C3)nn1. The molecule has 140 valence electrons. The molecule has 4 rings (SSSR count). The van der Waals surface area contributed by atoms with Gasteiger partial charge < -0.3 is 10.2 Å². The fourth-order valence-electron chi connectivity index (χ4n) is 3.48. The molecule has 1 atom stereocenters. The van der Waals surface area contributed by atoms with Crippen molar-refractivity contribution in [3.63, 3.8) is 0 Å². The van der Waals surface area contributed by atoms with Crippen molar-refractivity contribution in [2.24, 2.45) is 0 Å². The van der Waals surface area contributed by atoms with Gasteiger partial charge >= 0.3 is 0 Å². The van der Waals surface area contributed by atoms with Crippen LogP contribution in [0.3, 0.4) is 0 Å². The van der Waals surface area contributed by atoms with Crippen LogP contribution >= 0.6 is 0 Å². The zero-order valence-corrected chi connectivity index (χ0v) is 14.9. The lowest BCUT2D eigenvalue weighted by molar-refractivity contribution is -0.136. The average Bonchev–Trinajstić information content (AvgIpc) is 3.25. The van der Waals surface area contributed by atoms with Gasteiger partial charge in [0.2, 0.25) is 11.8 Å². The molecule has 2 aliphatic heterocycles. The molecular weight excluding hydrogens is 348 g/mol. The lowest BCUT2D eigenvalue weighted by Gasteiger charge is -2.29. The minimum Gasteiger partial charge on any atom is -0.322 e. The van der Waals surface area contributed by atoms with Crippen LogP contribution in [0.2, 0.25) is 0 Å². The molecule has 3 heterocycles. The summed E-state index contributed by atoms with van der Waals surface area (Å²) >= 11 is 0. The number of nitrogens with one attached hydrogen (secondary N) is 2.